The molecule has 1 amide bonds. The van der Waals surface area contributed by atoms with Crippen LogP contribution in [0.25, 0.3) is 17.4 Å². The van der Waals surface area contributed by atoms with Crippen molar-refractivity contribution < 1.29 is 9.21 Å². The van der Waals surface area contributed by atoms with Gasteiger partial charge in [-0.15, -0.1) is 0 Å². The molecule has 0 fully saturated rings. The van der Waals surface area contributed by atoms with E-state index in [9.17, 15) is 9.59 Å². The van der Waals surface area contributed by atoms with Crippen LogP contribution < -0.4 is 10.9 Å². The first-order valence-electron chi connectivity index (χ1n) is 9.20. The van der Waals surface area contributed by atoms with Gasteiger partial charge >= 0.3 is 0 Å². The van der Waals surface area contributed by atoms with Crippen LogP contribution in [0.15, 0.2) is 70.1 Å². The molecule has 3 aromatic heterocycles. The first kappa shape index (κ1) is 18.4. The summed E-state index contributed by atoms with van der Waals surface area (Å²) in [6, 6.07) is 16.1. The normalized spacial score (nSPS) is 10.8. The van der Waals surface area contributed by atoms with Crippen molar-refractivity contribution in [2.75, 3.05) is 5.32 Å². The molecule has 1 aromatic carbocycles. The monoisotopic (exact) mass is 389 g/mol. The Morgan fingerprint density at radius 2 is 2.00 bits per heavy atom. The average molecular weight is 389 g/mol. The third kappa shape index (κ3) is 4.16. The minimum atomic E-state index is -0.288. The van der Waals surface area contributed by atoms with E-state index in [-0.39, 0.29) is 23.8 Å². The summed E-state index contributed by atoms with van der Waals surface area (Å²) < 4.78 is 6.82. The number of aromatic amines is 1. The quantitative estimate of drug-likeness (QED) is 0.527. The van der Waals surface area contributed by atoms with E-state index in [1.165, 1.54) is 10.7 Å². The van der Waals surface area contributed by atoms with Gasteiger partial charge in [0.1, 0.15) is 11.5 Å². The van der Waals surface area contributed by atoms with Gasteiger partial charge in [-0.1, -0.05) is 37.3 Å². The highest BCUT2D eigenvalue weighted by Crippen LogP contribution is 2.24. The number of carbonyl (C=O) groups excluding carboxylic acids is 1. The van der Waals surface area contributed by atoms with Crippen LogP contribution in [0.4, 0.5) is 5.82 Å². The van der Waals surface area contributed by atoms with Crippen LogP contribution in [0.1, 0.15) is 18.2 Å². The molecule has 0 radical (unpaired) electrons. The largest absolute Gasteiger partial charge is 0.463 e. The molecule has 0 atom stereocenters. The van der Waals surface area contributed by atoms with E-state index < -0.39 is 0 Å². The number of hydrogen-bond donors (Lipinski definition) is 2. The second kappa shape index (κ2) is 7.97. The zero-order chi connectivity index (χ0) is 20.2. The average Bonchev–Trinajstić information content (AvgIpc) is 3.38. The molecule has 0 aliphatic rings. The van der Waals surface area contributed by atoms with E-state index in [0.29, 0.717) is 29.4 Å². The molecule has 0 saturated carbocycles. The van der Waals surface area contributed by atoms with Crippen LogP contribution in [-0.4, -0.2) is 25.7 Å². The third-order valence-corrected chi connectivity index (χ3v) is 4.30. The van der Waals surface area contributed by atoms with Crippen molar-refractivity contribution in [3.63, 3.8) is 0 Å². The molecule has 2 N–H and O–H groups in total. The number of aryl methyl sites for hydroxylation is 1. The Kier molecular flexibility index (Phi) is 5.07. The van der Waals surface area contributed by atoms with Gasteiger partial charge in [-0.05, 0) is 24.1 Å². The molecule has 0 aliphatic heterocycles. The summed E-state index contributed by atoms with van der Waals surface area (Å²) in [6.45, 7) is 1.91. The predicted molar refractivity (Wildman–Crippen MR) is 108 cm³/mol. The molecule has 0 spiro atoms. The molecule has 146 valence electrons. The van der Waals surface area contributed by atoms with Gasteiger partial charge in [-0.25, -0.2) is 4.98 Å². The smallest absolute Gasteiger partial charge is 0.252 e. The summed E-state index contributed by atoms with van der Waals surface area (Å²) in [5.41, 5.74) is 1.74. The molecule has 3 heterocycles. The number of furan rings is 1. The van der Waals surface area contributed by atoms with E-state index in [1.54, 1.807) is 24.5 Å². The van der Waals surface area contributed by atoms with Crippen LogP contribution >= 0.6 is 0 Å². The van der Waals surface area contributed by atoms with Crippen molar-refractivity contribution in [1.82, 2.24) is 19.7 Å². The second-order valence-corrected chi connectivity index (χ2v) is 6.43. The Balaban J connectivity index is 1.71. The summed E-state index contributed by atoms with van der Waals surface area (Å²) in [4.78, 5) is 31.7. The maximum absolute atomic E-state index is 12.6. The number of amides is 1. The molecule has 4 aromatic rings. The van der Waals surface area contributed by atoms with Crippen LogP contribution in [0.5, 0.6) is 0 Å². The second-order valence-electron chi connectivity index (χ2n) is 6.43. The molecule has 8 heteroatoms. The van der Waals surface area contributed by atoms with Crippen molar-refractivity contribution in [2.24, 2.45) is 0 Å². The summed E-state index contributed by atoms with van der Waals surface area (Å²) in [5.74, 6) is 0.935. The van der Waals surface area contributed by atoms with Gasteiger partial charge in [-0.2, -0.15) is 9.78 Å². The lowest BCUT2D eigenvalue weighted by atomic mass is 10.1. The predicted octanol–water partition coefficient (Wildman–Crippen LogP) is 2.96. The molecule has 0 bridgehead atoms. The molecular weight excluding hydrogens is 370 g/mol. The molecule has 0 unspecified atom stereocenters. The van der Waals surface area contributed by atoms with Gasteiger partial charge in [0, 0.05) is 17.8 Å². The van der Waals surface area contributed by atoms with Crippen LogP contribution in [0, 0.1) is 0 Å². The van der Waals surface area contributed by atoms with E-state index in [4.69, 9.17) is 4.42 Å². The Morgan fingerprint density at radius 1 is 1.17 bits per heavy atom. The standard InChI is InChI=1S/C21H19N5O3/c1-2-15-12-20(28)24-21(22-15)26-18(13-16(25-26)17-9-6-10-29-17)23-19(27)11-14-7-4-3-5-8-14/h3-10,12-13H,2,11H2,1H3,(H,23,27)(H,22,24,28). The fraction of sp³-hybridized carbons (Fsp3) is 0.143. The number of H-pyrrole nitrogens is 1. The van der Waals surface area contributed by atoms with E-state index in [1.807, 2.05) is 37.3 Å². The number of hydrogen-bond acceptors (Lipinski definition) is 5. The first-order valence-corrected chi connectivity index (χ1v) is 9.20. The van der Waals surface area contributed by atoms with Gasteiger partial charge in [0.25, 0.3) is 5.56 Å². The van der Waals surface area contributed by atoms with Crippen LogP contribution in [0.2, 0.25) is 0 Å². The van der Waals surface area contributed by atoms with Crippen molar-refractivity contribution >= 4 is 11.7 Å². The van der Waals surface area contributed by atoms with E-state index in [0.717, 1.165) is 5.56 Å². The highest BCUT2D eigenvalue weighted by Gasteiger charge is 2.17. The molecule has 0 saturated heterocycles. The summed E-state index contributed by atoms with van der Waals surface area (Å²) in [6.07, 6.45) is 2.35. The highest BCUT2D eigenvalue weighted by molar-refractivity contribution is 5.92. The molecular formula is C21H19N5O3. The van der Waals surface area contributed by atoms with Crippen molar-refractivity contribution in [1.29, 1.82) is 0 Å². The van der Waals surface area contributed by atoms with Crippen molar-refractivity contribution in [3.8, 4) is 17.4 Å². The lowest BCUT2D eigenvalue weighted by molar-refractivity contribution is -0.115. The Hall–Kier alpha value is -3.94. The third-order valence-electron chi connectivity index (χ3n) is 4.30. The zero-order valence-electron chi connectivity index (χ0n) is 15.8. The number of nitrogens with one attached hydrogen (secondary N) is 2. The number of carbonyl (C=O) groups is 1. The minimum absolute atomic E-state index is 0.209. The zero-order valence-corrected chi connectivity index (χ0v) is 15.8. The lowest BCUT2D eigenvalue weighted by Gasteiger charge is -2.09. The molecule has 29 heavy (non-hydrogen) atoms. The van der Waals surface area contributed by atoms with Gasteiger partial charge in [0.05, 0.1) is 12.7 Å². The minimum Gasteiger partial charge on any atom is -0.463 e. The number of nitrogens with zero attached hydrogens (tertiary/aromatic N) is 3. The topological polar surface area (TPSA) is 106 Å². The fourth-order valence-corrected chi connectivity index (χ4v) is 2.92. The molecule has 4 rings (SSSR count). The van der Waals surface area contributed by atoms with Crippen molar-refractivity contribution in [3.05, 3.63) is 82.5 Å². The Morgan fingerprint density at radius 3 is 2.72 bits per heavy atom. The summed E-state index contributed by atoms with van der Waals surface area (Å²) in [5, 5.41) is 7.33. The van der Waals surface area contributed by atoms with E-state index in [2.05, 4.69) is 20.4 Å². The van der Waals surface area contributed by atoms with Gasteiger partial charge in [0.2, 0.25) is 11.9 Å². The van der Waals surface area contributed by atoms with Gasteiger partial charge < -0.3 is 9.73 Å². The van der Waals surface area contributed by atoms with Gasteiger partial charge in [0.15, 0.2) is 5.76 Å². The first-order chi connectivity index (χ1) is 14.1. The van der Waals surface area contributed by atoms with Crippen molar-refractivity contribution in [2.45, 2.75) is 19.8 Å². The Bertz CT molecular complexity index is 1180. The maximum atomic E-state index is 12.6. The lowest BCUT2D eigenvalue weighted by Crippen LogP contribution is -2.20. The highest BCUT2D eigenvalue weighted by atomic mass is 16.3. The van der Waals surface area contributed by atoms with E-state index >= 15 is 0 Å². The van der Waals surface area contributed by atoms with Gasteiger partial charge in [-0.3, -0.25) is 14.6 Å². The van der Waals surface area contributed by atoms with Crippen LogP contribution in [0.3, 0.4) is 0 Å². The van der Waals surface area contributed by atoms with Crippen LogP contribution in [-0.2, 0) is 17.6 Å². The number of anilines is 1. The molecule has 0 aliphatic carbocycles. The fourth-order valence-electron chi connectivity index (χ4n) is 2.92. The maximum Gasteiger partial charge on any atom is 0.252 e. The number of benzene rings is 1. The Labute approximate surface area is 166 Å². The molecule has 8 nitrogen and oxygen atoms in total. The SMILES string of the molecule is CCc1cc(=O)[nH]c(-n2nc(-c3ccco3)cc2NC(=O)Cc2ccccc2)n1. The number of aromatic nitrogens is 4. The number of rotatable bonds is 6. The summed E-state index contributed by atoms with van der Waals surface area (Å²) >= 11 is 0. The summed E-state index contributed by atoms with van der Waals surface area (Å²) in [7, 11) is 0.